The number of aromatic nitrogens is 4. The summed E-state index contributed by atoms with van der Waals surface area (Å²) < 4.78 is 38.4. The van der Waals surface area contributed by atoms with Crippen LogP contribution in [0, 0.1) is 6.92 Å². The van der Waals surface area contributed by atoms with E-state index in [1.807, 2.05) is 0 Å². The van der Waals surface area contributed by atoms with Crippen molar-refractivity contribution in [3.63, 3.8) is 0 Å². The van der Waals surface area contributed by atoms with Gasteiger partial charge in [-0.3, -0.25) is 0 Å². The monoisotopic (exact) mass is 258 g/mol. The minimum atomic E-state index is -4.44. The van der Waals surface area contributed by atoms with Crippen LogP contribution in [0.25, 0.3) is 5.82 Å². The predicted octanol–water partition coefficient (Wildman–Crippen LogP) is 1.28. The zero-order valence-electron chi connectivity index (χ0n) is 9.23. The lowest BCUT2D eigenvalue weighted by atomic mass is 10.3. The van der Waals surface area contributed by atoms with Crippen LogP contribution in [0.15, 0.2) is 18.7 Å². The minimum Gasteiger partial charge on any atom is -0.308 e. The molecule has 2 rings (SSSR count). The Labute approximate surface area is 99.6 Å². The smallest absolute Gasteiger partial charge is 0.308 e. The average molecular weight is 258 g/mol. The van der Waals surface area contributed by atoms with Crippen molar-refractivity contribution in [2.45, 2.75) is 13.1 Å². The van der Waals surface area contributed by atoms with Crippen molar-refractivity contribution in [1.82, 2.24) is 19.7 Å². The second kappa shape index (κ2) is 4.26. The molecule has 0 aliphatic rings. The predicted molar refractivity (Wildman–Crippen MR) is 56.7 cm³/mol. The quantitative estimate of drug-likeness (QED) is 0.626. The van der Waals surface area contributed by atoms with Crippen LogP contribution in [0.2, 0.25) is 0 Å². The van der Waals surface area contributed by atoms with Crippen LogP contribution in [0.4, 0.5) is 19.0 Å². The summed E-state index contributed by atoms with van der Waals surface area (Å²) >= 11 is 0. The van der Waals surface area contributed by atoms with Crippen LogP contribution >= 0.6 is 0 Å². The molecule has 0 fully saturated rings. The number of nitrogens with one attached hydrogen (secondary N) is 1. The standard InChI is InChI=1S/C9H9F3N6/c1-5-7(17-13)14-4-15-8(5)18-3-6(2-16-18)9(10,11)12/h2-4H,13H2,1H3,(H,14,15,17). The molecule has 0 bridgehead atoms. The van der Waals surface area contributed by atoms with Gasteiger partial charge in [-0.05, 0) is 6.92 Å². The molecule has 2 aromatic heterocycles. The maximum atomic E-state index is 12.4. The van der Waals surface area contributed by atoms with Gasteiger partial charge in [0.1, 0.15) is 12.1 Å². The minimum absolute atomic E-state index is 0.230. The summed E-state index contributed by atoms with van der Waals surface area (Å²) in [4.78, 5) is 7.71. The zero-order valence-corrected chi connectivity index (χ0v) is 9.23. The fourth-order valence-electron chi connectivity index (χ4n) is 1.40. The lowest BCUT2D eigenvalue weighted by Gasteiger charge is -2.08. The van der Waals surface area contributed by atoms with Crippen LogP contribution < -0.4 is 11.3 Å². The number of rotatable bonds is 2. The SMILES string of the molecule is Cc1c(NN)ncnc1-n1cc(C(F)(F)F)cn1. The summed E-state index contributed by atoms with van der Waals surface area (Å²) in [5, 5.41) is 3.63. The maximum absolute atomic E-state index is 12.4. The first-order valence-electron chi connectivity index (χ1n) is 4.84. The third kappa shape index (κ3) is 2.12. The molecule has 6 nitrogen and oxygen atoms in total. The van der Waals surface area contributed by atoms with E-state index in [2.05, 4.69) is 20.5 Å². The Hall–Kier alpha value is -2.16. The van der Waals surface area contributed by atoms with Crippen molar-refractivity contribution in [2.75, 3.05) is 5.43 Å². The van der Waals surface area contributed by atoms with Crippen molar-refractivity contribution in [3.05, 3.63) is 29.8 Å². The molecule has 2 aromatic rings. The van der Waals surface area contributed by atoms with Crippen molar-refractivity contribution < 1.29 is 13.2 Å². The molecule has 0 aliphatic heterocycles. The number of nitrogens with two attached hydrogens (primary N) is 1. The van der Waals surface area contributed by atoms with Crippen molar-refractivity contribution in [2.24, 2.45) is 5.84 Å². The first kappa shape index (κ1) is 12.3. The number of hydrogen-bond acceptors (Lipinski definition) is 5. The number of anilines is 1. The highest BCUT2D eigenvalue weighted by Crippen LogP contribution is 2.29. The van der Waals surface area contributed by atoms with E-state index in [9.17, 15) is 13.2 Å². The Morgan fingerprint density at radius 1 is 1.33 bits per heavy atom. The Balaban J connectivity index is 2.47. The fourth-order valence-corrected chi connectivity index (χ4v) is 1.40. The zero-order chi connectivity index (χ0) is 13.3. The molecule has 0 atom stereocenters. The Morgan fingerprint density at radius 2 is 2.06 bits per heavy atom. The molecule has 0 radical (unpaired) electrons. The van der Waals surface area contributed by atoms with Gasteiger partial charge in [0.05, 0.1) is 11.8 Å². The third-order valence-electron chi connectivity index (χ3n) is 2.32. The van der Waals surface area contributed by atoms with Crippen LogP contribution in [0.5, 0.6) is 0 Å². The Morgan fingerprint density at radius 3 is 2.61 bits per heavy atom. The molecular weight excluding hydrogens is 249 g/mol. The molecule has 3 N–H and O–H groups in total. The molecule has 96 valence electrons. The van der Waals surface area contributed by atoms with Gasteiger partial charge in [-0.25, -0.2) is 20.5 Å². The average Bonchev–Trinajstić information content (AvgIpc) is 2.78. The molecular formula is C9H9F3N6. The van der Waals surface area contributed by atoms with Gasteiger partial charge >= 0.3 is 6.18 Å². The van der Waals surface area contributed by atoms with Crippen molar-refractivity contribution >= 4 is 5.82 Å². The van der Waals surface area contributed by atoms with Gasteiger partial charge in [-0.1, -0.05) is 0 Å². The molecule has 0 aromatic carbocycles. The van der Waals surface area contributed by atoms with Crippen molar-refractivity contribution in [1.29, 1.82) is 0 Å². The van der Waals surface area contributed by atoms with E-state index in [1.54, 1.807) is 6.92 Å². The van der Waals surface area contributed by atoms with E-state index in [1.165, 1.54) is 6.33 Å². The summed E-state index contributed by atoms with van der Waals surface area (Å²) in [5.74, 6) is 5.78. The van der Waals surface area contributed by atoms with E-state index in [0.29, 0.717) is 11.4 Å². The highest BCUT2D eigenvalue weighted by Gasteiger charge is 2.32. The van der Waals surface area contributed by atoms with Gasteiger partial charge in [0.15, 0.2) is 5.82 Å². The Bertz CT molecular complexity index is 562. The van der Waals surface area contributed by atoms with Gasteiger partial charge in [0.25, 0.3) is 0 Å². The summed E-state index contributed by atoms with van der Waals surface area (Å²) in [6.07, 6.45) is -1.66. The van der Waals surface area contributed by atoms with Crippen LogP contribution in [0.3, 0.4) is 0 Å². The summed E-state index contributed by atoms with van der Waals surface area (Å²) in [6, 6.07) is 0. The van der Waals surface area contributed by atoms with Gasteiger partial charge in [0, 0.05) is 11.8 Å². The molecule has 9 heteroatoms. The second-order valence-corrected chi connectivity index (χ2v) is 3.49. The summed E-state index contributed by atoms with van der Waals surface area (Å²) in [5.41, 5.74) is 1.98. The molecule has 0 amide bonds. The number of hydrazine groups is 1. The van der Waals surface area contributed by atoms with E-state index < -0.39 is 11.7 Å². The number of hydrogen-bond donors (Lipinski definition) is 2. The van der Waals surface area contributed by atoms with E-state index in [-0.39, 0.29) is 5.82 Å². The number of nitrogens with zero attached hydrogens (tertiary/aromatic N) is 4. The second-order valence-electron chi connectivity index (χ2n) is 3.49. The van der Waals surface area contributed by atoms with Gasteiger partial charge in [-0.15, -0.1) is 0 Å². The summed E-state index contributed by atoms with van der Waals surface area (Å²) in [7, 11) is 0. The molecule has 0 saturated carbocycles. The van der Waals surface area contributed by atoms with E-state index >= 15 is 0 Å². The first-order valence-corrected chi connectivity index (χ1v) is 4.84. The topological polar surface area (TPSA) is 81.6 Å². The van der Waals surface area contributed by atoms with Crippen LogP contribution in [-0.4, -0.2) is 19.7 Å². The van der Waals surface area contributed by atoms with Gasteiger partial charge in [0.2, 0.25) is 0 Å². The maximum Gasteiger partial charge on any atom is 0.419 e. The van der Waals surface area contributed by atoms with Crippen molar-refractivity contribution in [3.8, 4) is 5.82 Å². The number of nitrogen functional groups attached to an aromatic ring is 1. The fraction of sp³-hybridized carbons (Fsp3) is 0.222. The first-order chi connectivity index (χ1) is 8.43. The Kier molecular flexibility index (Phi) is 2.91. The van der Waals surface area contributed by atoms with Gasteiger partial charge < -0.3 is 5.43 Å². The molecule has 0 aliphatic carbocycles. The van der Waals surface area contributed by atoms with E-state index in [4.69, 9.17) is 5.84 Å². The normalized spacial score (nSPS) is 11.6. The summed E-state index contributed by atoms with van der Waals surface area (Å²) in [6.45, 7) is 1.62. The lowest BCUT2D eigenvalue weighted by Crippen LogP contribution is -2.13. The highest BCUT2D eigenvalue weighted by molar-refractivity contribution is 5.49. The highest BCUT2D eigenvalue weighted by atomic mass is 19.4. The third-order valence-corrected chi connectivity index (χ3v) is 2.32. The molecule has 18 heavy (non-hydrogen) atoms. The number of halogens is 3. The molecule has 0 saturated heterocycles. The van der Waals surface area contributed by atoms with Crippen LogP contribution in [-0.2, 0) is 6.18 Å². The molecule has 0 spiro atoms. The van der Waals surface area contributed by atoms with Gasteiger partial charge in [-0.2, -0.15) is 18.3 Å². The molecule has 2 heterocycles. The van der Waals surface area contributed by atoms with E-state index in [0.717, 1.165) is 17.1 Å². The molecule has 0 unspecified atom stereocenters. The largest absolute Gasteiger partial charge is 0.419 e. The number of alkyl halides is 3. The lowest BCUT2D eigenvalue weighted by molar-refractivity contribution is -0.137. The van der Waals surface area contributed by atoms with Crippen LogP contribution in [0.1, 0.15) is 11.1 Å².